The summed E-state index contributed by atoms with van der Waals surface area (Å²) in [4.78, 5) is 0. The van der Waals surface area contributed by atoms with Crippen LogP contribution in [-0.2, 0) is 0 Å². The van der Waals surface area contributed by atoms with Crippen LogP contribution in [0.25, 0.3) is 105 Å². The van der Waals surface area contributed by atoms with Crippen LogP contribution in [0.15, 0.2) is 181 Å². The summed E-state index contributed by atoms with van der Waals surface area (Å²) in [5.74, 6) is 0. The molecule has 9 aromatic carbocycles. The first-order chi connectivity index (χ1) is 28.6. The molecule has 58 heavy (non-hydrogen) atoms. The number of para-hydroxylation sites is 1. The van der Waals surface area contributed by atoms with Crippen LogP contribution in [0, 0.1) is 29.6 Å². The zero-order chi connectivity index (χ0) is 39.3. The lowest BCUT2D eigenvalue weighted by atomic mass is 9.82. The van der Waals surface area contributed by atoms with E-state index in [0.29, 0.717) is 11.1 Å². The third kappa shape index (κ3) is 5.26. The number of rotatable bonds is 6. The number of hydrogen-bond donors (Lipinski definition) is 0. The van der Waals surface area contributed by atoms with Gasteiger partial charge in [0.05, 0.1) is 23.3 Å². The van der Waals surface area contributed by atoms with Crippen molar-refractivity contribution in [3.05, 3.63) is 199 Å². The first kappa shape index (κ1) is 34.5. The van der Waals surface area contributed by atoms with Crippen molar-refractivity contribution in [1.29, 1.82) is 10.5 Å². The molecule has 0 aliphatic rings. The Hall–Kier alpha value is -7.98. The standard InChI is InChI=1S/C55H34N2O/c1-3-4-18-38-34(2)51(42-21-9-12-24-45(42)53(38)39-19-7-5-16-36(39)32-56)49-28-15-27-48-41-30-29-35(31-50(41)58-55(48)49)52-43-22-10-13-25-46(43)54(47-26-14-11-23-44(47)52)40-20-8-6-17-37(40)33-57/h3-31H,1H2,2H3/b18-4-. The van der Waals surface area contributed by atoms with Gasteiger partial charge in [-0.2, -0.15) is 10.5 Å². The molecule has 0 saturated heterocycles. The van der Waals surface area contributed by atoms with Crippen LogP contribution in [0.4, 0.5) is 0 Å². The van der Waals surface area contributed by atoms with Crippen molar-refractivity contribution < 1.29 is 4.42 Å². The molecule has 0 atom stereocenters. The van der Waals surface area contributed by atoms with E-state index in [1.807, 2.05) is 54.6 Å². The van der Waals surface area contributed by atoms with E-state index in [1.54, 1.807) is 6.08 Å². The molecule has 1 aromatic heterocycles. The molecule has 0 N–H and O–H groups in total. The molecule has 0 aliphatic carbocycles. The van der Waals surface area contributed by atoms with Crippen molar-refractivity contribution in [2.45, 2.75) is 6.92 Å². The van der Waals surface area contributed by atoms with Gasteiger partial charge in [-0.3, -0.25) is 0 Å². The minimum absolute atomic E-state index is 0.630. The summed E-state index contributed by atoms with van der Waals surface area (Å²) in [6, 6.07) is 59.0. The summed E-state index contributed by atoms with van der Waals surface area (Å²) in [5, 5.41) is 28.9. The van der Waals surface area contributed by atoms with Gasteiger partial charge in [0.25, 0.3) is 0 Å². The average molecular weight is 739 g/mol. The fourth-order valence-corrected chi connectivity index (χ4v) is 9.08. The normalized spacial score (nSPS) is 11.5. The Labute approximate surface area is 336 Å². The van der Waals surface area contributed by atoms with Crippen molar-refractivity contribution in [3.8, 4) is 56.6 Å². The highest BCUT2D eigenvalue weighted by molar-refractivity contribution is 6.23. The van der Waals surface area contributed by atoms with Crippen molar-refractivity contribution in [1.82, 2.24) is 0 Å². The van der Waals surface area contributed by atoms with Crippen molar-refractivity contribution in [2.75, 3.05) is 0 Å². The number of nitriles is 2. The van der Waals surface area contributed by atoms with E-state index in [9.17, 15) is 10.5 Å². The van der Waals surface area contributed by atoms with Crippen molar-refractivity contribution in [2.24, 2.45) is 0 Å². The SMILES string of the molecule is C=C/C=C\c1c(C)c(-c2cccc3c2oc2cc(-c4c5ccccc5c(-c5ccccc5C#N)c5ccccc45)ccc23)c2ccccc2c1-c1ccccc1C#N. The Morgan fingerprint density at radius 2 is 0.966 bits per heavy atom. The monoisotopic (exact) mass is 738 g/mol. The number of nitrogens with zero attached hydrogens (tertiary/aromatic N) is 2. The van der Waals surface area contributed by atoms with Gasteiger partial charge in [0.15, 0.2) is 0 Å². The Bertz CT molecular complexity index is 3400. The summed E-state index contributed by atoms with van der Waals surface area (Å²) in [7, 11) is 0. The van der Waals surface area contributed by atoms with Gasteiger partial charge in [0.2, 0.25) is 0 Å². The van der Waals surface area contributed by atoms with Gasteiger partial charge in [0, 0.05) is 27.5 Å². The smallest absolute Gasteiger partial charge is 0.143 e. The molecule has 0 fully saturated rings. The maximum absolute atomic E-state index is 10.2. The molecule has 0 saturated carbocycles. The second-order valence-corrected chi connectivity index (χ2v) is 14.6. The van der Waals surface area contributed by atoms with Crippen LogP contribution in [0.5, 0.6) is 0 Å². The molecule has 0 aliphatic heterocycles. The molecular weight excluding hydrogens is 705 g/mol. The van der Waals surface area contributed by atoms with E-state index in [-0.39, 0.29) is 0 Å². The highest BCUT2D eigenvalue weighted by atomic mass is 16.3. The minimum atomic E-state index is 0.630. The molecule has 1 heterocycles. The average Bonchev–Trinajstić information content (AvgIpc) is 3.66. The molecule has 270 valence electrons. The number of furan rings is 1. The molecule has 3 nitrogen and oxygen atoms in total. The van der Waals surface area contributed by atoms with Gasteiger partial charge in [-0.15, -0.1) is 0 Å². The van der Waals surface area contributed by atoms with Gasteiger partial charge >= 0.3 is 0 Å². The quantitative estimate of drug-likeness (QED) is 0.126. The van der Waals surface area contributed by atoms with Gasteiger partial charge in [-0.25, -0.2) is 0 Å². The van der Waals surface area contributed by atoms with E-state index in [0.717, 1.165) is 110 Å². The van der Waals surface area contributed by atoms with Crippen LogP contribution >= 0.6 is 0 Å². The first-order valence-electron chi connectivity index (χ1n) is 19.3. The topological polar surface area (TPSA) is 60.7 Å². The van der Waals surface area contributed by atoms with E-state index in [2.05, 4.69) is 141 Å². The van der Waals surface area contributed by atoms with Crippen LogP contribution in [0.1, 0.15) is 22.3 Å². The van der Waals surface area contributed by atoms with E-state index in [1.165, 1.54) is 0 Å². The Balaban J connectivity index is 1.23. The molecule has 0 radical (unpaired) electrons. The van der Waals surface area contributed by atoms with E-state index >= 15 is 0 Å². The maximum Gasteiger partial charge on any atom is 0.143 e. The Morgan fingerprint density at radius 3 is 1.55 bits per heavy atom. The Kier molecular flexibility index (Phi) is 8.30. The summed E-state index contributed by atoms with van der Waals surface area (Å²) >= 11 is 0. The fourth-order valence-electron chi connectivity index (χ4n) is 9.08. The van der Waals surface area contributed by atoms with Gasteiger partial charge in [-0.1, -0.05) is 158 Å². The lowest BCUT2D eigenvalue weighted by Gasteiger charge is -2.20. The highest BCUT2D eigenvalue weighted by Crippen LogP contribution is 2.48. The van der Waals surface area contributed by atoms with Crippen molar-refractivity contribution in [3.63, 3.8) is 0 Å². The zero-order valence-corrected chi connectivity index (χ0v) is 31.8. The second kappa shape index (κ2) is 13.9. The molecule has 0 spiro atoms. The molecule has 10 rings (SSSR count). The number of allylic oxidation sites excluding steroid dienone is 2. The molecule has 0 unspecified atom stereocenters. The molecule has 0 amide bonds. The number of fused-ring (bicyclic) bond motifs is 6. The molecular formula is C55H34N2O. The van der Waals surface area contributed by atoms with Crippen LogP contribution < -0.4 is 0 Å². The third-order valence-corrected chi connectivity index (χ3v) is 11.5. The molecule has 3 heteroatoms. The molecule has 10 aromatic rings. The maximum atomic E-state index is 10.2. The Morgan fingerprint density at radius 1 is 0.483 bits per heavy atom. The minimum Gasteiger partial charge on any atom is -0.455 e. The number of benzene rings is 9. The molecule has 0 bridgehead atoms. The van der Waals surface area contributed by atoms with Gasteiger partial charge in [-0.05, 0) is 102 Å². The van der Waals surface area contributed by atoms with E-state index < -0.39 is 0 Å². The summed E-state index contributed by atoms with van der Waals surface area (Å²) in [5.41, 5.74) is 13.2. The first-order valence-corrected chi connectivity index (χ1v) is 19.3. The zero-order valence-electron chi connectivity index (χ0n) is 31.8. The highest BCUT2D eigenvalue weighted by Gasteiger charge is 2.23. The van der Waals surface area contributed by atoms with Crippen LogP contribution in [-0.4, -0.2) is 0 Å². The summed E-state index contributed by atoms with van der Waals surface area (Å²) in [6.45, 7) is 6.14. The second-order valence-electron chi connectivity index (χ2n) is 14.6. The van der Waals surface area contributed by atoms with Crippen LogP contribution in [0.2, 0.25) is 0 Å². The predicted octanol–water partition coefficient (Wildman–Crippen LogP) is 15.0. The summed E-state index contributed by atoms with van der Waals surface area (Å²) < 4.78 is 7.01. The van der Waals surface area contributed by atoms with Gasteiger partial charge < -0.3 is 4.42 Å². The van der Waals surface area contributed by atoms with Gasteiger partial charge in [0.1, 0.15) is 11.2 Å². The third-order valence-electron chi connectivity index (χ3n) is 11.5. The fraction of sp³-hybridized carbons (Fsp3) is 0.0182. The largest absolute Gasteiger partial charge is 0.455 e. The summed E-state index contributed by atoms with van der Waals surface area (Å²) in [6.07, 6.45) is 5.85. The lowest BCUT2D eigenvalue weighted by Crippen LogP contribution is -1.97. The lowest BCUT2D eigenvalue weighted by molar-refractivity contribution is 0.670. The van der Waals surface area contributed by atoms with E-state index in [4.69, 9.17) is 4.42 Å². The predicted molar refractivity (Wildman–Crippen MR) is 241 cm³/mol. The number of hydrogen-bond acceptors (Lipinski definition) is 3. The van der Waals surface area contributed by atoms with Crippen molar-refractivity contribution >= 4 is 60.3 Å². The van der Waals surface area contributed by atoms with Crippen LogP contribution in [0.3, 0.4) is 0 Å².